The third-order valence-corrected chi connectivity index (χ3v) is 4.14. The van der Waals surface area contributed by atoms with Gasteiger partial charge in [0.15, 0.2) is 5.11 Å². The molecule has 26 heavy (non-hydrogen) atoms. The summed E-state index contributed by atoms with van der Waals surface area (Å²) in [7, 11) is 0. The molecule has 2 rings (SSSR count). The zero-order valence-corrected chi connectivity index (χ0v) is 16.4. The van der Waals surface area contributed by atoms with Crippen molar-refractivity contribution in [1.82, 2.24) is 5.32 Å². The van der Waals surface area contributed by atoms with Crippen LogP contribution in [0.1, 0.15) is 22.8 Å². The Bertz CT molecular complexity index is 873. The smallest absolute Gasteiger partial charge is 0.292 e. The summed E-state index contributed by atoms with van der Waals surface area (Å²) in [5.74, 6) is 0.182. The quantitative estimate of drug-likeness (QED) is 0.413. The number of ether oxygens (including phenoxy) is 1. The van der Waals surface area contributed by atoms with Gasteiger partial charge < -0.3 is 10.1 Å². The molecule has 0 aliphatic carbocycles. The van der Waals surface area contributed by atoms with Gasteiger partial charge >= 0.3 is 0 Å². The Kier molecular flexibility index (Phi) is 6.64. The summed E-state index contributed by atoms with van der Waals surface area (Å²) in [5.41, 5.74) is 1.20. The van der Waals surface area contributed by atoms with Crippen LogP contribution < -0.4 is 15.4 Å². The predicted octanol–water partition coefficient (Wildman–Crippen LogP) is 4.19. The highest BCUT2D eigenvalue weighted by Crippen LogP contribution is 2.27. The number of thiocarbonyl (C=S) groups is 1. The van der Waals surface area contributed by atoms with Crippen LogP contribution >= 0.6 is 28.1 Å². The van der Waals surface area contributed by atoms with Gasteiger partial charge in [-0.25, -0.2) is 0 Å². The molecule has 0 heterocycles. The first-order chi connectivity index (χ1) is 12.3. The number of hydrogen-bond acceptors (Lipinski definition) is 5. The van der Waals surface area contributed by atoms with Crippen LogP contribution in [0.5, 0.6) is 5.75 Å². The van der Waals surface area contributed by atoms with E-state index in [9.17, 15) is 14.9 Å². The fraction of sp³-hybridized carbons (Fsp3) is 0.176. The van der Waals surface area contributed by atoms with Crippen LogP contribution in [-0.2, 0) is 0 Å². The number of benzene rings is 2. The van der Waals surface area contributed by atoms with Gasteiger partial charge in [-0.05, 0) is 71.8 Å². The Morgan fingerprint density at radius 3 is 2.65 bits per heavy atom. The molecule has 0 aliphatic heterocycles. The SMILES string of the molecule is CCOc1ccc(C(=O)NC(=S)Nc2ccc(C)cc2[N+](=O)[O-])cc1Br. The summed E-state index contributed by atoms with van der Waals surface area (Å²) in [5, 5.41) is 16.3. The number of rotatable bonds is 5. The van der Waals surface area contributed by atoms with Gasteiger partial charge in [-0.1, -0.05) is 6.07 Å². The van der Waals surface area contributed by atoms with Gasteiger partial charge in [0.1, 0.15) is 11.4 Å². The number of nitrogens with one attached hydrogen (secondary N) is 2. The molecule has 2 aromatic rings. The van der Waals surface area contributed by atoms with Crippen molar-refractivity contribution in [3.05, 3.63) is 62.1 Å². The van der Waals surface area contributed by atoms with Crippen molar-refractivity contribution in [2.45, 2.75) is 13.8 Å². The minimum Gasteiger partial charge on any atom is -0.493 e. The van der Waals surface area contributed by atoms with Crippen molar-refractivity contribution < 1.29 is 14.5 Å². The summed E-state index contributed by atoms with van der Waals surface area (Å²) in [4.78, 5) is 22.9. The molecule has 136 valence electrons. The number of aryl methyl sites for hydroxylation is 1. The molecular weight excluding hydrogens is 422 g/mol. The number of carbonyl (C=O) groups is 1. The number of amides is 1. The molecule has 0 spiro atoms. The average Bonchev–Trinajstić information content (AvgIpc) is 2.58. The largest absolute Gasteiger partial charge is 0.493 e. The molecule has 0 saturated heterocycles. The first-order valence-corrected chi connectivity index (χ1v) is 8.81. The highest BCUT2D eigenvalue weighted by Gasteiger charge is 2.16. The molecule has 0 bridgehead atoms. The highest BCUT2D eigenvalue weighted by atomic mass is 79.9. The van der Waals surface area contributed by atoms with Gasteiger partial charge in [-0.15, -0.1) is 0 Å². The van der Waals surface area contributed by atoms with E-state index in [2.05, 4.69) is 26.6 Å². The fourth-order valence-corrected chi connectivity index (χ4v) is 2.84. The molecule has 0 saturated carbocycles. The summed E-state index contributed by atoms with van der Waals surface area (Å²) in [6.45, 7) is 4.12. The van der Waals surface area contributed by atoms with Gasteiger partial charge in [0.2, 0.25) is 0 Å². The number of carbonyl (C=O) groups excluding carboxylic acids is 1. The molecule has 0 radical (unpaired) electrons. The maximum atomic E-state index is 12.3. The molecule has 2 N–H and O–H groups in total. The van der Waals surface area contributed by atoms with Crippen molar-refractivity contribution in [3.8, 4) is 5.75 Å². The Balaban J connectivity index is 2.10. The Morgan fingerprint density at radius 1 is 1.31 bits per heavy atom. The van der Waals surface area contributed by atoms with E-state index in [1.165, 1.54) is 6.07 Å². The molecular formula is C17H16BrN3O4S. The second-order valence-electron chi connectivity index (χ2n) is 5.26. The van der Waals surface area contributed by atoms with E-state index in [-0.39, 0.29) is 16.5 Å². The lowest BCUT2D eigenvalue weighted by atomic mass is 10.2. The number of anilines is 1. The molecule has 0 aliphatic rings. The summed E-state index contributed by atoms with van der Waals surface area (Å²) in [6.07, 6.45) is 0. The monoisotopic (exact) mass is 437 g/mol. The van der Waals surface area contributed by atoms with E-state index >= 15 is 0 Å². The lowest BCUT2D eigenvalue weighted by Gasteiger charge is -2.11. The van der Waals surface area contributed by atoms with Crippen LogP contribution in [-0.4, -0.2) is 22.5 Å². The number of halogens is 1. The number of nitro benzene ring substituents is 1. The van der Waals surface area contributed by atoms with E-state index in [4.69, 9.17) is 17.0 Å². The third-order valence-electron chi connectivity index (χ3n) is 3.32. The maximum Gasteiger partial charge on any atom is 0.292 e. The zero-order chi connectivity index (χ0) is 19.3. The van der Waals surface area contributed by atoms with Crippen molar-refractivity contribution in [3.63, 3.8) is 0 Å². The van der Waals surface area contributed by atoms with E-state index in [1.807, 2.05) is 6.92 Å². The van der Waals surface area contributed by atoms with Crippen molar-refractivity contribution in [1.29, 1.82) is 0 Å². The average molecular weight is 438 g/mol. The molecule has 0 fully saturated rings. The number of hydrogen-bond donors (Lipinski definition) is 2. The number of nitrogens with zero attached hydrogens (tertiary/aromatic N) is 1. The van der Waals surface area contributed by atoms with Crippen LogP contribution in [0.2, 0.25) is 0 Å². The van der Waals surface area contributed by atoms with Gasteiger partial charge in [0.25, 0.3) is 11.6 Å². The molecule has 7 nitrogen and oxygen atoms in total. The van der Waals surface area contributed by atoms with E-state index < -0.39 is 10.8 Å². The van der Waals surface area contributed by atoms with Crippen LogP contribution in [0.3, 0.4) is 0 Å². The second-order valence-corrected chi connectivity index (χ2v) is 6.53. The van der Waals surface area contributed by atoms with Crippen LogP contribution in [0, 0.1) is 17.0 Å². The fourth-order valence-electron chi connectivity index (χ4n) is 2.14. The number of nitro groups is 1. The lowest BCUT2D eigenvalue weighted by Crippen LogP contribution is -2.34. The second kappa shape index (κ2) is 8.72. The highest BCUT2D eigenvalue weighted by molar-refractivity contribution is 9.10. The van der Waals surface area contributed by atoms with Gasteiger partial charge in [-0.2, -0.15) is 0 Å². The van der Waals surface area contributed by atoms with Gasteiger partial charge in [0, 0.05) is 11.6 Å². The lowest BCUT2D eigenvalue weighted by molar-refractivity contribution is -0.383. The maximum absolute atomic E-state index is 12.3. The molecule has 1 amide bonds. The van der Waals surface area contributed by atoms with E-state index in [0.717, 1.165) is 5.56 Å². The first-order valence-electron chi connectivity index (χ1n) is 7.61. The minimum atomic E-state index is -0.511. The summed E-state index contributed by atoms with van der Waals surface area (Å²) in [6, 6.07) is 9.56. The minimum absolute atomic E-state index is 0.0352. The predicted molar refractivity (Wildman–Crippen MR) is 107 cm³/mol. The Morgan fingerprint density at radius 2 is 2.04 bits per heavy atom. The van der Waals surface area contributed by atoms with Gasteiger partial charge in [0.05, 0.1) is 16.0 Å². The first kappa shape index (κ1) is 19.8. The van der Waals surface area contributed by atoms with Crippen molar-refractivity contribution in [2.75, 3.05) is 11.9 Å². The standard InChI is InChI=1S/C17H16BrN3O4S/c1-3-25-15-7-5-11(9-12(15)18)16(22)20-17(26)19-13-6-4-10(2)8-14(13)21(23)24/h4-9H,3H2,1-2H3,(H2,19,20,22,26). The van der Waals surface area contributed by atoms with Crippen LogP contribution in [0.4, 0.5) is 11.4 Å². The summed E-state index contributed by atoms with van der Waals surface area (Å²) < 4.78 is 6.04. The topological polar surface area (TPSA) is 93.5 Å². The molecule has 0 atom stereocenters. The zero-order valence-electron chi connectivity index (χ0n) is 14.0. The van der Waals surface area contributed by atoms with Crippen molar-refractivity contribution in [2.24, 2.45) is 0 Å². The van der Waals surface area contributed by atoms with Gasteiger partial charge in [-0.3, -0.25) is 20.2 Å². The van der Waals surface area contributed by atoms with Crippen LogP contribution in [0.25, 0.3) is 0 Å². The van der Waals surface area contributed by atoms with Crippen molar-refractivity contribution >= 4 is 50.5 Å². The third kappa shape index (κ3) is 4.99. The molecule has 2 aromatic carbocycles. The molecule has 9 heteroatoms. The molecule has 0 unspecified atom stereocenters. The Hall–Kier alpha value is -2.52. The summed E-state index contributed by atoms with van der Waals surface area (Å²) >= 11 is 8.43. The Labute approximate surface area is 164 Å². The van der Waals surface area contributed by atoms with Crippen LogP contribution in [0.15, 0.2) is 40.9 Å². The van der Waals surface area contributed by atoms with E-state index in [0.29, 0.717) is 22.4 Å². The molecule has 0 aromatic heterocycles. The van der Waals surface area contributed by atoms with E-state index in [1.54, 1.807) is 37.3 Å². The normalized spacial score (nSPS) is 10.1.